The summed E-state index contributed by atoms with van der Waals surface area (Å²) in [4.78, 5) is 24.5. The van der Waals surface area contributed by atoms with Gasteiger partial charge in [-0.15, -0.1) is 0 Å². The van der Waals surface area contributed by atoms with E-state index in [9.17, 15) is 4.79 Å². The minimum absolute atomic E-state index is 0.348. The van der Waals surface area contributed by atoms with Gasteiger partial charge in [-0.05, 0) is 24.3 Å². The number of carbonyl (C=O) groups is 1. The first-order chi connectivity index (χ1) is 10.1. The van der Waals surface area contributed by atoms with Gasteiger partial charge in [0.15, 0.2) is 5.65 Å². The normalized spacial score (nSPS) is 10.6. The summed E-state index contributed by atoms with van der Waals surface area (Å²) in [6, 6.07) is 6.45. The summed E-state index contributed by atoms with van der Waals surface area (Å²) < 4.78 is 0. The number of amides is 1. The van der Waals surface area contributed by atoms with Gasteiger partial charge in [-0.3, -0.25) is 9.78 Å². The standard InChI is InChI=1S/C14H8Cl2N4O/c15-9-1-2-10(16)11(6-9)20-14(21)8-5-12-13(19-7-8)18-4-3-17-12/h1-7H,(H,20,21). The van der Waals surface area contributed by atoms with Crippen molar-refractivity contribution >= 4 is 46.0 Å². The maximum atomic E-state index is 12.2. The molecule has 21 heavy (non-hydrogen) atoms. The van der Waals surface area contributed by atoms with Crippen LogP contribution >= 0.6 is 23.2 Å². The number of rotatable bonds is 2. The van der Waals surface area contributed by atoms with E-state index in [0.29, 0.717) is 32.5 Å². The molecule has 1 amide bonds. The van der Waals surface area contributed by atoms with Crippen molar-refractivity contribution in [1.29, 1.82) is 0 Å². The van der Waals surface area contributed by atoms with Crippen molar-refractivity contribution in [2.75, 3.05) is 5.32 Å². The summed E-state index contributed by atoms with van der Waals surface area (Å²) in [7, 11) is 0. The summed E-state index contributed by atoms with van der Waals surface area (Å²) in [5.41, 5.74) is 1.82. The molecule has 0 fully saturated rings. The lowest BCUT2D eigenvalue weighted by Crippen LogP contribution is -2.12. The van der Waals surface area contributed by atoms with E-state index in [-0.39, 0.29) is 5.91 Å². The number of aromatic nitrogens is 3. The van der Waals surface area contributed by atoms with Gasteiger partial charge in [0.1, 0.15) is 5.52 Å². The Hall–Kier alpha value is -2.24. The smallest absolute Gasteiger partial charge is 0.257 e. The van der Waals surface area contributed by atoms with E-state index in [1.54, 1.807) is 36.7 Å². The number of nitrogens with zero attached hydrogens (tertiary/aromatic N) is 3. The van der Waals surface area contributed by atoms with Crippen molar-refractivity contribution in [3.63, 3.8) is 0 Å². The molecular formula is C14H8Cl2N4O. The molecule has 0 atom stereocenters. The predicted molar refractivity (Wildman–Crippen MR) is 81.7 cm³/mol. The zero-order valence-electron chi connectivity index (χ0n) is 10.5. The molecule has 7 heteroatoms. The molecule has 0 saturated carbocycles. The Morgan fingerprint density at radius 1 is 1.05 bits per heavy atom. The molecule has 0 aliphatic carbocycles. The second kappa shape index (κ2) is 5.63. The van der Waals surface area contributed by atoms with Crippen molar-refractivity contribution in [3.8, 4) is 0 Å². The van der Waals surface area contributed by atoms with E-state index in [2.05, 4.69) is 20.3 Å². The average molecular weight is 319 g/mol. The maximum absolute atomic E-state index is 12.2. The van der Waals surface area contributed by atoms with Crippen LogP contribution in [0.5, 0.6) is 0 Å². The summed E-state index contributed by atoms with van der Waals surface area (Å²) in [5.74, 6) is -0.348. The lowest BCUT2D eigenvalue weighted by molar-refractivity contribution is 0.102. The number of carbonyl (C=O) groups excluding carboxylic acids is 1. The lowest BCUT2D eigenvalue weighted by Gasteiger charge is -2.07. The SMILES string of the molecule is O=C(Nc1cc(Cl)ccc1Cl)c1cnc2nccnc2c1. The number of hydrogen-bond acceptors (Lipinski definition) is 4. The second-order valence-corrected chi connectivity index (χ2v) is 5.04. The third-order valence-corrected chi connectivity index (χ3v) is 3.33. The summed E-state index contributed by atoms with van der Waals surface area (Å²) in [6.07, 6.45) is 4.52. The Labute approximate surface area is 130 Å². The van der Waals surface area contributed by atoms with Gasteiger partial charge in [-0.1, -0.05) is 23.2 Å². The molecule has 0 unspecified atom stereocenters. The van der Waals surface area contributed by atoms with Gasteiger partial charge < -0.3 is 5.32 Å². The topological polar surface area (TPSA) is 67.8 Å². The van der Waals surface area contributed by atoms with Crippen LogP contribution in [0.2, 0.25) is 10.0 Å². The third kappa shape index (κ3) is 2.94. The van der Waals surface area contributed by atoms with E-state index in [1.165, 1.54) is 6.20 Å². The molecule has 0 bridgehead atoms. The molecule has 0 aliphatic heterocycles. The lowest BCUT2D eigenvalue weighted by atomic mass is 10.2. The quantitative estimate of drug-likeness (QED) is 0.784. The monoisotopic (exact) mass is 318 g/mol. The number of nitrogens with one attached hydrogen (secondary N) is 1. The zero-order valence-corrected chi connectivity index (χ0v) is 12.1. The van der Waals surface area contributed by atoms with Gasteiger partial charge in [0, 0.05) is 23.6 Å². The Balaban J connectivity index is 1.91. The van der Waals surface area contributed by atoms with Crippen molar-refractivity contribution in [2.24, 2.45) is 0 Å². The van der Waals surface area contributed by atoms with Crippen LogP contribution in [-0.2, 0) is 0 Å². The van der Waals surface area contributed by atoms with E-state index in [0.717, 1.165) is 0 Å². The largest absolute Gasteiger partial charge is 0.321 e. The van der Waals surface area contributed by atoms with E-state index < -0.39 is 0 Å². The molecule has 3 aromatic rings. The second-order valence-electron chi connectivity index (χ2n) is 4.20. The molecule has 0 spiro atoms. The van der Waals surface area contributed by atoms with Gasteiger partial charge >= 0.3 is 0 Å². The van der Waals surface area contributed by atoms with Crippen molar-refractivity contribution in [3.05, 3.63) is 58.5 Å². The fourth-order valence-corrected chi connectivity index (χ4v) is 2.11. The molecule has 5 nitrogen and oxygen atoms in total. The van der Waals surface area contributed by atoms with Crippen molar-refractivity contribution in [2.45, 2.75) is 0 Å². The van der Waals surface area contributed by atoms with E-state index in [4.69, 9.17) is 23.2 Å². The molecule has 3 rings (SSSR count). The Morgan fingerprint density at radius 3 is 2.71 bits per heavy atom. The number of benzene rings is 1. The fourth-order valence-electron chi connectivity index (χ4n) is 1.77. The summed E-state index contributed by atoms with van der Waals surface area (Å²) in [6.45, 7) is 0. The van der Waals surface area contributed by atoms with Crippen LogP contribution in [0.15, 0.2) is 42.9 Å². The third-order valence-electron chi connectivity index (χ3n) is 2.76. The summed E-state index contributed by atoms with van der Waals surface area (Å²) in [5, 5.41) is 3.58. The molecule has 0 aliphatic rings. The van der Waals surface area contributed by atoms with Crippen molar-refractivity contribution in [1.82, 2.24) is 15.0 Å². The summed E-state index contributed by atoms with van der Waals surface area (Å²) >= 11 is 11.9. The minimum Gasteiger partial charge on any atom is -0.321 e. The van der Waals surface area contributed by atoms with E-state index >= 15 is 0 Å². The van der Waals surface area contributed by atoms with Gasteiger partial charge in [-0.2, -0.15) is 0 Å². The minimum atomic E-state index is -0.348. The first-order valence-electron chi connectivity index (χ1n) is 5.96. The first-order valence-corrected chi connectivity index (χ1v) is 6.72. The Bertz CT molecular complexity index is 838. The highest BCUT2D eigenvalue weighted by Crippen LogP contribution is 2.25. The number of anilines is 1. The highest BCUT2D eigenvalue weighted by Gasteiger charge is 2.11. The van der Waals surface area contributed by atoms with Gasteiger partial charge in [0.25, 0.3) is 5.91 Å². The molecule has 1 N–H and O–H groups in total. The van der Waals surface area contributed by atoms with Crippen molar-refractivity contribution < 1.29 is 4.79 Å². The average Bonchev–Trinajstić information content (AvgIpc) is 2.50. The van der Waals surface area contributed by atoms with Crippen LogP contribution in [0.1, 0.15) is 10.4 Å². The van der Waals surface area contributed by atoms with Gasteiger partial charge in [0.2, 0.25) is 0 Å². The van der Waals surface area contributed by atoms with Crippen LogP contribution in [0.3, 0.4) is 0 Å². The molecule has 2 aromatic heterocycles. The number of hydrogen-bond donors (Lipinski definition) is 1. The molecular weight excluding hydrogens is 311 g/mol. The molecule has 104 valence electrons. The van der Waals surface area contributed by atoms with Crippen LogP contribution in [0.25, 0.3) is 11.2 Å². The van der Waals surface area contributed by atoms with Crippen LogP contribution in [-0.4, -0.2) is 20.9 Å². The van der Waals surface area contributed by atoms with Crippen LogP contribution in [0, 0.1) is 0 Å². The molecule has 0 radical (unpaired) electrons. The number of fused-ring (bicyclic) bond motifs is 1. The zero-order chi connectivity index (χ0) is 14.8. The predicted octanol–water partition coefficient (Wildman–Crippen LogP) is 3.58. The maximum Gasteiger partial charge on any atom is 0.257 e. The number of halogens is 2. The van der Waals surface area contributed by atoms with Crippen LogP contribution in [0.4, 0.5) is 5.69 Å². The van der Waals surface area contributed by atoms with Crippen LogP contribution < -0.4 is 5.32 Å². The first kappa shape index (κ1) is 13.7. The highest BCUT2D eigenvalue weighted by atomic mass is 35.5. The Morgan fingerprint density at radius 2 is 1.86 bits per heavy atom. The molecule has 1 aromatic carbocycles. The highest BCUT2D eigenvalue weighted by molar-refractivity contribution is 6.35. The fraction of sp³-hybridized carbons (Fsp3) is 0. The number of pyridine rings is 1. The Kier molecular flexibility index (Phi) is 3.68. The van der Waals surface area contributed by atoms with Gasteiger partial charge in [0.05, 0.1) is 16.3 Å². The van der Waals surface area contributed by atoms with E-state index in [1.807, 2.05) is 0 Å². The molecule has 2 heterocycles. The molecule has 0 saturated heterocycles. The van der Waals surface area contributed by atoms with Gasteiger partial charge in [-0.25, -0.2) is 9.97 Å².